The minimum absolute atomic E-state index is 0.217. The van der Waals surface area contributed by atoms with Crippen molar-refractivity contribution in [1.82, 2.24) is 5.16 Å². The van der Waals surface area contributed by atoms with E-state index in [9.17, 15) is 0 Å². The molecule has 1 rings (SSSR count). The molecule has 1 aromatic rings. The summed E-state index contributed by atoms with van der Waals surface area (Å²) in [6, 6.07) is 0. The van der Waals surface area contributed by atoms with Crippen LogP contribution in [0.1, 0.15) is 39.2 Å². The Balaban J connectivity index is 2.73. The second-order valence-electron chi connectivity index (χ2n) is 3.55. The van der Waals surface area contributed by atoms with Gasteiger partial charge in [0.05, 0.1) is 6.20 Å². The number of hydrogen-bond acceptors (Lipinski definition) is 2. The summed E-state index contributed by atoms with van der Waals surface area (Å²) in [5, 5.41) is 3.70. The molecule has 0 N–H and O–H groups in total. The molecule has 0 radical (unpaired) electrons. The van der Waals surface area contributed by atoms with Crippen molar-refractivity contribution in [2.45, 2.75) is 39.0 Å². The average Bonchev–Trinajstić information content (AvgIpc) is 2.37. The van der Waals surface area contributed by atoms with Gasteiger partial charge in [0, 0.05) is 5.56 Å². The molecule has 0 aliphatic carbocycles. The molecule has 0 aliphatic heterocycles. The van der Waals surface area contributed by atoms with Gasteiger partial charge in [0.2, 0.25) is 0 Å². The molecule has 0 amide bonds. The second kappa shape index (κ2) is 3.07. The zero-order valence-corrected chi connectivity index (χ0v) is 7.42. The highest BCUT2D eigenvalue weighted by atomic mass is 16.5. The lowest BCUT2D eigenvalue weighted by Gasteiger charge is -2.21. The van der Waals surface area contributed by atoms with Gasteiger partial charge < -0.3 is 4.52 Å². The molecule has 0 atom stereocenters. The van der Waals surface area contributed by atoms with Crippen molar-refractivity contribution in [1.29, 1.82) is 0 Å². The van der Waals surface area contributed by atoms with Crippen LogP contribution in [0, 0.1) is 0 Å². The highest BCUT2D eigenvalue weighted by Crippen LogP contribution is 2.27. The predicted molar refractivity (Wildman–Crippen MR) is 44.4 cm³/mol. The maximum absolute atomic E-state index is 4.80. The average molecular weight is 153 g/mol. The van der Waals surface area contributed by atoms with E-state index in [0.717, 1.165) is 0 Å². The maximum Gasteiger partial charge on any atom is 0.127 e. The van der Waals surface area contributed by atoms with Crippen molar-refractivity contribution in [2.24, 2.45) is 0 Å². The molecule has 0 aliphatic rings. The van der Waals surface area contributed by atoms with E-state index >= 15 is 0 Å². The van der Waals surface area contributed by atoms with Gasteiger partial charge in [-0.15, -0.1) is 0 Å². The van der Waals surface area contributed by atoms with Crippen LogP contribution in [0.3, 0.4) is 0 Å². The van der Waals surface area contributed by atoms with E-state index in [-0.39, 0.29) is 5.41 Å². The molecule has 11 heavy (non-hydrogen) atoms. The molecule has 0 bridgehead atoms. The lowest BCUT2D eigenvalue weighted by molar-refractivity contribution is 0.411. The van der Waals surface area contributed by atoms with Crippen molar-refractivity contribution in [3.63, 3.8) is 0 Å². The van der Waals surface area contributed by atoms with Gasteiger partial charge in [-0.1, -0.05) is 32.3 Å². The third kappa shape index (κ3) is 1.82. The van der Waals surface area contributed by atoms with Gasteiger partial charge in [0.25, 0.3) is 0 Å². The minimum atomic E-state index is 0.217. The Morgan fingerprint density at radius 1 is 1.55 bits per heavy atom. The Labute approximate surface area is 67.6 Å². The highest BCUT2D eigenvalue weighted by molar-refractivity contribution is 5.14. The molecule has 0 aromatic carbocycles. The molecule has 0 saturated heterocycles. The van der Waals surface area contributed by atoms with E-state index < -0.39 is 0 Å². The van der Waals surface area contributed by atoms with E-state index in [2.05, 4.69) is 25.9 Å². The summed E-state index contributed by atoms with van der Waals surface area (Å²) in [5.74, 6) is 0. The predicted octanol–water partition coefficient (Wildman–Crippen LogP) is 2.75. The molecule has 0 unspecified atom stereocenters. The Hall–Kier alpha value is -0.790. The van der Waals surface area contributed by atoms with Crippen LogP contribution in [0.4, 0.5) is 0 Å². The molecule has 0 saturated carbocycles. The third-order valence-corrected chi connectivity index (χ3v) is 2.09. The van der Waals surface area contributed by atoms with Crippen molar-refractivity contribution in [2.75, 3.05) is 0 Å². The molecular formula is C9H15NO. The van der Waals surface area contributed by atoms with Crippen LogP contribution in [0.2, 0.25) is 0 Å². The summed E-state index contributed by atoms with van der Waals surface area (Å²) in [4.78, 5) is 0. The normalized spacial score (nSPS) is 11.9. The molecule has 2 nitrogen and oxygen atoms in total. The smallest absolute Gasteiger partial charge is 0.127 e. The first-order valence-electron chi connectivity index (χ1n) is 4.06. The minimum Gasteiger partial charge on any atom is -0.364 e. The third-order valence-electron chi connectivity index (χ3n) is 2.09. The monoisotopic (exact) mass is 153 g/mol. The van der Waals surface area contributed by atoms with E-state index in [1.807, 2.05) is 0 Å². The van der Waals surface area contributed by atoms with E-state index in [0.29, 0.717) is 0 Å². The fraction of sp³-hybridized carbons (Fsp3) is 0.667. The number of nitrogens with zero attached hydrogens (tertiary/aromatic N) is 1. The molecule has 1 heterocycles. The largest absolute Gasteiger partial charge is 0.364 e. The molecular weight excluding hydrogens is 138 g/mol. The van der Waals surface area contributed by atoms with Gasteiger partial charge in [-0.3, -0.25) is 0 Å². The van der Waals surface area contributed by atoms with Gasteiger partial charge in [-0.25, -0.2) is 0 Å². The summed E-state index contributed by atoms with van der Waals surface area (Å²) in [6.45, 7) is 6.61. The van der Waals surface area contributed by atoms with Gasteiger partial charge in [-0.2, -0.15) is 0 Å². The van der Waals surface area contributed by atoms with Gasteiger partial charge in [-0.05, 0) is 11.8 Å². The SMILES string of the molecule is CCCC(C)(C)c1cnoc1. The van der Waals surface area contributed by atoms with Crippen molar-refractivity contribution >= 4 is 0 Å². The first kappa shape index (κ1) is 8.31. The zero-order chi connectivity index (χ0) is 8.32. The zero-order valence-electron chi connectivity index (χ0n) is 7.42. The van der Waals surface area contributed by atoms with Crippen LogP contribution in [-0.4, -0.2) is 5.16 Å². The molecule has 0 fully saturated rings. The van der Waals surface area contributed by atoms with Crippen LogP contribution in [-0.2, 0) is 5.41 Å². The topological polar surface area (TPSA) is 26.0 Å². The summed E-state index contributed by atoms with van der Waals surface area (Å²) < 4.78 is 4.80. The Kier molecular flexibility index (Phi) is 2.32. The Bertz CT molecular complexity index is 201. The van der Waals surface area contributed by atoms with E-state index in [1.165, 1.54) is 18.4 Å². The summed E-state index contributed by atoms with van der Waals surface area (Å²) >= 11 is 0. The van der Waals surface area contributed by atoms with E-state index in [4.69, 9.17) is 4.52 Å². The quantitative estimate of drug-likeness (QED) is 0.667. The first-order valence-corrected chi connectivity index (χ1v) is 4.06. The number of aromatic nitrogens is 1. The van der Waals surface area contributed by atoms with Gasteiger partial charge in [0.15, 0.2) is 0 Å². The second-order valence-corrected chi connectivity index (χ2v) is 3.55. The molecule has 1 aromatic heterocycles. The van der Waals surface area contributed by atoms with Crippen LogP contribution in [0.5, 0.6) is 0 Å². The van der Waals surface area contributed by atoms with Crippen LogP contribution in [0.25, 0.3) is 0 Å². The summed E-state index contributed by atoms with van der Waals surface area (Å²) in [6.07, 6.45) is 5.90. The fourth-order valence-corrected chi connectivity index (χ4v) is 1.31. The van der Waals surface area contributed by atoms with Gasteiger partial charge in [0.1, 0.15) is 6.26 Å². The van der Waals surface area contributed by atoms with E-state index in [1.54, 1.807) is 12.5 Å². The molecule has 62 valence electrons. The molecule has 0 spiro atoms. The summed E-state index contributed by atoms with van der Waals surface area (Å²) in [7, 11) is 0. The van der Waals surface area contributed by atoms with Crippen molar-refractivity contribution < 1.29 is 4.52 Å². The van der Waals surface area contributed by atoms with Gasteiger partial charge >= 0.3 is 0 Å². The Morgan fingerprint density at radius 2 is 2.27 bits per heavy atom. The number of rotatable bonds is 3. The highest BCUT2D eigenvalue weighted by Gasteiger charge is 2.20. The fourth-order valence-electron chi connectivity index (χ4n) is 1.31. The lowest BCUT2D eigenvalue weighted by atomic mass is 9.83. The first-order chi connectivity index (χ1) is 5.17. The van der Waals surface area contributed by atoms with Crippen molar-refractivity contribution in [3.8, 4) is 0 Å². The summed E-state index contributed by atoms with van der Waals surface area (Å²) in [5.41, 5.74) is 1.41. The standard InChI is InChI=1S/C9H15NO/c1-4-5-9(2,3)8-6-10-11-7-8/h6-7H,4-5H2,1-3H3. The molecule has 2 heteroatoms. The van der Waals surface area contributed by atoms with Crippen LogP contribution < -0.4 is 0 Å². The van der Waals surface area contributed by atoms with Crippen LogP contribution >= 0.6 is 0 Å². The Morgan fingerprint density at radius 3 is 2.73 bits per heavy atom. The van der Waals surface area contributed by atoms with Crippen molar-refractivity contribution in [3.05, 3.63) is 18.0 Å². The maximum atomic E-state index is 4.80. The number of hydrogen-bond donors (Lipinski definition) is 0. The van der Waals surface area contributed by atoms with Crippen LogP contribution in [0.15, 0.2) is 17.0 Å². The lowest BCUT2D eigenvalue weighted by Crippen LogP contribution is -2.15.